The molecule has 1 heterocycles. The number of hydrogen-bond donors (Lipinski definition) is 0. The van der Waals surface area contributed by atoms with Crippen LogP contribution in [0.2, 0.25) is 5.02 Å². The van der Waals surface area contributed by atoms with Crippen molar-refractivity contribution in [3.8, 4) is 0 Å². The van der Waals surface area contributed by atoms with E-state index in [-0.39, 0.29) is 0 Å². The molecule has 0 fully saturated rings. The van der Waals surface area contributed by atoms with Gasteiger partial charge < -0.3 is 4.90 Å². The highest BCUT2D eigenvalue weighted by atomic mass is 35.5. The second-order valence-corrected chi connectivity index (χ2v) is 4.78. The average molecular weight is 269 g/mol. The van der Waals surface area contributed by atoms with Crippen molar-refractivity contribution in [2.24, 2.45) is 0 Å². The first-order valence-electron chi connectivity index (χ1n) is 6.10. The molecular weight excluding hydrogens is 256 g/mol. The maximum Gasteiger partial charge on any atom is 0.134 e. The van der Waals surface area contributed by atoms with E-state index in [1.807, 2.05) is 72.6 Å². The first-order chi connectivity index (χ1) is 9.25. The first-order valence-corrected chi connectivity index (χ1v) is 6.47. The molecule has 0 aliphatic carbocycles. The Kier molecular flexibility index (Phi) is 3.10. The Hall–Kier alpha value is -2.06. The lowest BCUT2D eigenvalue weighted by Crippen LogP contribution is -2.11. The molecule has 0 bridgehead atoms. The normalized spacial score (nSPS) is 10.6. The Bertz CT molecular complexity index is 710. The van der Waals surface area contributed by atoms with E-state index >= 15 is 0 Å². The Morgan fingerprint density at radius 1 is 0.947 bits per heavy atom. The summed E-state index contributed by atoms with van der Waals surface area (Å²) >= 11 is 6.33. The van der Waals surface area contributed by atoms with Gasteiger partial charge in [-0.05, 0) is 18.2 Å². The standard InChI is InChI=1S/C16H13ClN2/c1-19(12-7-3-2-4-8-12)16-11-14(17)13-9-5-6-10-15(13)18-16/h2-11H,1H3. The fourth-order valence-electron chi connectivity index (χ4n) is 2.08. The van der Waals surface area contributed by atoms with E-state index in [0.717, 1.165) is 27.4 Å². The molecule has 2 nitrogen and oxygen atoms in total. The van der Waals surface area contributed by atoms with Gasteiger partial charge in [-0.25, -0.2) is 4.98 Å². The molecule has 0 spiro atoms. The molecule has 0 saturated heterocycles. The number of aromatic nitrogens is 1. The number of rotatable bonds is 2. The Morgan fingerprint density at radius 3 is 2.42 bits per heavy atom. The highest BCUT2D eigenvalue weighted by molar-refractivity contribution is 6.35. The smallest absolute Gasteiger partial charge is 0.134 e. The van der Waals surface area contributed by atoms with Crippen LogP contribution in [0, 0.1) is 0 Å². The van der Waals surface area contributed by atoms with Gasteiger partial charge in [0.15, 0.2) is 0 Å². The molecule has 94 valence electrons. The van der Waals surface area contributed by atoms with E-state index in [0.29, 0.717) is 0 Å². The SMILES string of the molecule is CN(c1ccccc1)c1cc(Cl)c2ccccc2n1. The van der Waals surface area contributed by atoms with Gasteiger partial charge in [-0.3, -0.25) is 0 Å². The van der Waals surface area contributed by atoms with Crippen molar-refractivity contribution >= 4 is 34.0 Å². The highest BCUT2D eigenvalue weighted by Crippen LogP contribution is 2.29. The van der Waals surface area contributed by atoms with Crippen molar-refractivity contribution in [1.82, 2.24) is 4.98 Å². The van der Waals surface area contributed by atoms with Crippen molar-refractivity contribution in [1.29, 1.82) is 0 Å². The quantitative estimate of drug-likeness (QED) is 0.672. The highest BCUT2D eigenvalue weighted by Gasteiger charge is 2.08. The number of benzene rings is 2. The number of hydrogen-bond acceptors (Lipinski definition) is 2. The van der Waals surface area contributed by atoms with Crippen LogP contribution in [0.15, 0.2) is 60.7 Å². The maximum absolute atomic E-state index is 6.33. The molecule has 0 unspecified atom stereocenters. The number of anilines is 2. The van der Waals surface area contributed by atoms with E-state index in [9.17, 15) is 0 Å². The van der Waals surface area contributed by atoms with Crippen LogP contribution in [-0.2, 0) is 0 Å². The topological polar surface area (TPSA) is 16.1 Å². The van der Waals surface area contributed by atoms with Gasteiger partial charge in [-0.1, -0.05) is 48.0 Å². The van der Waals surface area contributed by atoms with Crippen molar-refractivity contribution in [3.63, 3.8) is 0 Å². The van der Waals surface area contributed by atoms with Crippen LogP contribution in [-0.4, -0.2) is 12.0 Å². The number of nitrogens with zero attached hydrogens (tertiary/aromatic N) is 2. The summed E-state index contributed by atoms with van der Waals surface area (Å²) in [7, 11) is 1.99. The van der Waals surface area contributed by atoms with Crippen molar-refractivity contribution in [2.75, 3.05) is 11.9 Å². The molecule has 3 aromatic rings. The summed E-state index contributed by atoms with van der Waals surface area (Å²) in [5.41, 5.74) is 1.99. The summed E-state index contributed by atoms with van der Waals surface area (Å²) in [5, 5.41) is 1.71. The largest absolute Gasteiger partial charge is 0.329 e. The molecule has 0 saturated carbocycles. The minimum absolute atomic E-state index is 0.725. The van der Waals surface area contributed by atoms with Gasteiger partial charge in [0.25, 0.3) is 0 Å². The summed E-state index contributed by atoms with van der Waals surface area (Å²) in [5.74, 6) is 0.843. The summed E-state index contributed by atoms with van der Waals surface area (Å²) in [6, 6.07) is 19.9. The molecule has 0 N–H and O–H groups in total. The zero-order valence-corrected chi connectivity index (χ0v) is 11.3. The predicted octanol–water partition coefficient (Wildman–Crippen LogP) is 4.66. The third-order valence-electron chi connectivity index (χ3n) is 3.14. The number of pyridine rings is 1. The fourth-order valence-corrected chi connectivity index (χ4v) is 2.33. The molecule has 0 aliphatic rings. The van der Waals surface area contributed by atoms with E-state index in [1.165, 1.54) is 0 Å². The van der Waals surface area contributed by atoms with Gasteiger partial charge in [0.05, 0.1) is 10.5 Å². The van der Waals surface area contributed by atoms with Gasteiger partial charge >= 0.3 is 0 Å². The fraction of sp³-hybridized carbons (Fsp3) is 0.0625. The van der Waals surface area contributed by atoms with Gasteiger partial charge in [0, 0.05) is 24.2 Å². The third kappa shape index (κ3) is 2.27. The summed E-state index contributed by atoms with van der Waals surface area (Å²) < 4.78 is 0. The molecule has 0 aliphatic heterocycles. The van der Waals surface area contributed by atoms with E-state index in [1.54, 1.807) is 0 Å². The second kappa shape index (κ2) is 4.90. The van der Waals surface area contributed by atoms with Crippen LogP contribution >= 0.6 is 11.6 Å². The van der Waals surface area contributed by atoms with Gasteiger partial charge in [0.2, 0.25) is 0 Å². The van der Waals surface area contributed by atoms with Crippen LogP contribution in [0.1, 0.15) is 0 Å². The van der Waals surface area contributed by atoms with Crippen LogP contribution in [0.3, 0.4) is 0 Å². The minimum atomic E-state index is 0.725. The average Bonchev–Trinajstić information content (AvgIpc) is 2.47. The predicted molar refractivity (Wildman–Crippen MR) is 81.3 cm³/mol. The molecular formula is C16H13ClN2. The summed E-state index contributed by atoms with van der Waals surface area (Å²) in [6.07, 6.45) is 0. The molecule has 3 heteroatoms. The van der Waals surface area contributed by atoms with Crippen LogP contribution in [0.5, 0.6) is 0 Å². The minimum Gasteiger partial charge on any atom is -0.329 e. The van der Waals surface area contributed by atoms with Gasteiger partial charge in [0.1, 0.15) is 5.82 Å². The first kappa shape index (κ1) is 12.0. The van der Waals surface area contributed by atoms with Crippen molar-refractivity contribution in [2.45, 2.75) is 0 Å². The van der Waals surface area contributed by atoms with Crippen LogP contribution in [0.25, 0.3) is 10.9 Å². The molecule has 19 heavy (non-hydrogen) atoms. The lowest BCUT2D eigenvalue weighted by atomic mass is 10.2. The molecule has 0 amide bonds. The van der Waals surface area contributed by atoms with Crippen molar-refractivity contribution in [3.05, 3.63) is 65.7 Å². The van der Waals surface area contributed by atoms with E-state index < -0.39 is 0 Å². The van der Waals surface area contributed by atoms with Crippen LogP contribution < -0.4 is 4.90 Å². The number of para-hydroxylation sites is 2. The molecule has 0 radical (unpaired) electrons. The zero-order chi connectivity index (χ0) is 13.2. The lowest BCUT2D eigenvalue weighted by molar-refractivity contribution is 1.15. The van der Waals surface area contributed by atoms with E-state index in [4.69, 9.17) is 11.6 Å². The van der Waals surface area contributed by atoms with E-state index in [2.05, 4.69) is 4.98 Å². The second-order valence-electron chi connectivity index (χ2n) is 4.37. The summed E-state index contributed by atoms with van der Waals surface area (Å²) in [6.45, 7) is 0. The van der Waals surface area contributed by atoms with Gasteiger partial charge in [-0.2, -0.15) is 0 Å². The Morgan fingerprint density at radius 2 is 1.63 bits per heavy atom. The van der Waals surface area contributed by atoms with Gasteiger partial charge in [-0.15, -0.1) is 0 Å². The monoisotopic (exact) mass is 268 g/mol. The summed E-state index contributed by atoms with van der Waals surface area (Å²) in [4.78, 5) is 6.68. The third-order valence-corrected chi connectivity index (χ3v) is 3.45. The van der Waals surface area contributed by atoms with Crippen LogP contribution in [0.4, 0.5) is 11.5 Å². The molecule has 2 aromatic carbocycles. The lowest BCUT2D eigenvalue weighted by Gasteiger charge is -2.19. The zero-order valence-electron chi connectivity index (χ0n) is 10.5. The van der Waals surface area contributed by atoms with Crippen molar-refractivity contribution < 1.29 is 0 Å². The molecule has 1 aromatic heterocycles. The maximum atomic E-state index is 6.33. The number of fused-ring (bicyclic) bond motifs is 1. The molecule has 3 rings (SSSR count). The number of halogens is 1. The Balaban J connectivity index is 2.11. The molecule has 0 atom stereocenters. The Labute approximate surface area is 117 Å².